The normalized spacial score (nSPS) is 11.1. The molecule has 0 saturated carbocycles. The molecule has 0 aliphatic rings. The van der Waals surface area contributed by atoms with E-state index in [1.807, 2.05) is 6.07 Å². The van der Waals surface area contributed by atoms with Crippen molar-refractivity contribution in [2.45, 2.75) is 12.8 Å². The topological polar surface area (TPSA) is 74.6 Å². The van der Waals surface area contributed by atoms with Crippen LogP contribution in [0.3, 0.4) is 0 Å². The quantitative estimate of drug-likeness (QED) is 0.778. The van der Waals surface area contributed by atoms with E-state index < -0.39 is 11.7 Å². The predicted octanol–water partition coefficient (Wildman–Crippen LogP) is 3.94. The SMILES string of the molecule is N#Cc1[nH]nnc1-c1cccc(COc2ccc(C(F)(F)F)cc2)c1. The average molecular weight is 344 g/mol. The second-order valence-corrected chi connectivity index (χ2v) is 5.16. The average Bonchev–Trinajstić information content (AvgIpc) is 3.08. The first-order valence-corrected chi connectivity index (χ1v) is 7.18. The number of halogens is 3. The van der Waals surface area contributed by atoms with Crippen molar-refractivity contribution in [3.05, 3.63) is 65.4 Å². The lowest BCUT2D eigenvalue weighted by Gasteiger charge is -2.10. The molecule has 0 amide bonds. The van der Waals surface area contributed by atoms with Gasteiger partial charge in [0.1, 0.15) is 24.1 Å². The lowest BCUT2D eigenvalue weighted by molar-refractivity contribution is -0.137. The highest BCUT2D eigenvalue weighted by atomic mass is 19.4. The van der Waals surface area contributed by atoms with E-state index in [1.165, 1.54) is 12.1 Å². The van der Waals surface area contributed by atoms with Crippen LogP contribution in [-0.2, 0) is 12.8 Å². The fourth-order valence-electron chi connectivity index (χ4n) is 2.22. The number of rotatable bonds is 4. The zero-order chi connectivity index (χ0) is 17.9. The van der Waals surface area contributed by atoms with Crippen LogP contribution in [0.25, 0.3) is 11.3 Å². The molecule has 1 heterocycles. The fraction of sp³-hybridized carbons (Fsp3) is 0.118. The van der Waals surface area contributed by atoms with E-state index in [1.54, 1.807) is 24.3 Å². The molecule has 0 unspecified atom stereocenters. The lowest BCUT2D eigenvalue weighted by Crippen LogP contribution is -2.04. The molecule has 5 nitrogen and oxygen atoms in total. The number of alkyl halides is 3. The van der Waals surface area contributed by atoms with Crippen molar-refractivity contribution in [2.24, 2.45) is 0 Å². The molecule has 8 heteroatoms. The molecule has 1 aromatic heterocycles. The third-order valence-electron chi connectivity index (χ3n) is 3.45. The molecule has 0 aliphatic heterocycles. The molecule has 0 aliphatic carbocycles. The van der Waals surface area contributed by atoms with Gasteiger partial charge in [0.25, 0.3) is 0 Å². The van der Waals surface area contributed by atoms with Crippen LogP contribution < -0.4 is 4.74 Å². The Labute approximate surface area is 140 Å². The summed E-state index contributed by atoms with van der Waals surface area (Å²) in [7, 11) is 0. The molecule has 3 rings (SSSR count). The number of nitrogens with one attached hydrogen (secondary N) is 1. The lowest BCUT2D eigenvalue weighted by atomic mass is 10.1. The van der Waals surface area contributed by atoms with Crippen molar-refractivity contribution in [2.75, 3.05) is 0 Å². The van der Waals surface area contributed by atoms with Gasteiger partial charge in [0.05, 0.1) is 5.56 Å². The van der Waals surface area contributed by atoms with Crippen molar-refractivity contribution in [3.63, 3.8) is 0 Å². The van der Waals surface area contributed by atoms with Crippen LogP contribution in [0.5, 0.6) is 5.75 Å². The summed E-state index contributed by atoms with van der Waals surface area (Å²) in [6, 6.07) is 13.6. The van der Waals surface area contributed by atoms with Crippen molar-refractivity contribution in [1.29, 1.82) is 5.26 Å². The summed E-state index contributed by atoms with van der Waals surface area (Å²) in [5, 5.41) is 19.0. The number of nitrogens with zero attached hydrogens (tertiary/aromatic N) is 3. The number of aromatic amines is 1. The van der Waals surface area contributed by atoms with E-state index in [0.29, 0.717) is 17.0 Å². The van der Waals surface area contributed by atoms with Crippen LogP contribution >= 0.6 is 0 Å². The van der Waals surface area contributed by atoms with Crippen LogP contribution in [0.15, 0.2) is 48.5 Å². The Hall–Kier alpha value is -3.34. The summed E-state index contributed by atoms with van der Waals surface area (Å²) in [6.07, 6.45) is -4.37. The fourth-order valence-corrected chi connectivity index (χ4v) is 2.22. The second-order valence-electron chi connectivity index (χ2n) is 5.16. The monoisotopic (exact) mass is 344 g/mol. The predicted molar refractivity (Wildman–Crippen MR) is 82.3 cm³/mol. The van der Waals surface area contributed by atoms with Gasteiger partial charge in [-0.25, -0.2) is 5.10 Å². The Morgan fingerprint density at radius 2 is 1.88 bits per heavy atom. The highest BCUT2D eigenvalue weighted by Crippen LogP contribution is 2.30. The first-order valence-electron chi connectivity index (χ1n) is 7.18. The third kappa shape index (κ3) is 3.77. The van der Waals surface area contributed by atoms with Crippen molar-refractivity contribution >= 4 is 0 Å². The molecule has 0 saturated heterocycles. The maximum atomic E-state index is 12.5. The summed E-state index contributed by atoms with van der Waals surface area (Å²) < 4.78 is 43.1. The highest BCUT2D eigenvalue weighted by molar-refractivity contribution is 5.64. The molecule has 0 atom stereocenters. The largest absolute Gasteiger partial charge is 0.489 e. The van der Waals surface area contributed by atoms with Gasteiger partial charge in [0.2, 0.25) is 0 Å². The Kier molecular flexibility index (Phi) is 4.39. The van der Waals surface area contributed by atoms with Crippen molar-refractivity contribution in [3.8, 4) is 23.1 Å². The van der Waals surface area contributed by atoms with Gasteiger partial charge in [-0.05, 0) is 35.9 Å². The molecule has 25 heavy (non-hydrogen) atoms. The van der Waals surface area contributed by atoms with Crippen LogP contribution in [-0.4, -0.2) is 15.4 Å². The summed E-state index contributed by atoms with van der Waals surface area (Å²) in [4.78, 5) is 0. The first-order chi connectivity index (χ1) is 12.0. The second kappa shape index (κ2) is 6.65. The van der Waals surface area contributed by atoms with E-state index in [-0.39, 0.29) is 12.3 Å². The third-order valence-corrected chi connectivity index (χ3v) is 3.45. The van der Waals surface area contributed by atoms with E-state index in [9.17, 15) is 13.2 Å². The van der Waals surface area contributed by atoms with Crippen LogP contribution in [0.2, 0.25) is 0 Å². The van der Waals surface area contributed by atoms with Crippen LogP contribution in [0.1, 0.15) is 16.8 Å². The highest BCUT2D eigenvalue weighted by Gasteiger charge is 2.30. The van der Waals surface area contributed by atoms with Gasteiger partial charge >= 0.3 is 6.18 Å². The van der Waals surface area contributed by atoms with Crippen LogP contribution in [0, 0.1) is 11.3 Å². The Morgan fingerprint density at radius 3 is 2.56 bits per heavy atom. The van der Waals surface area contributed by atoms with Gasteiger partial charge in [0, 0.05) is 5.56 Å². The summed E-state index contributed by atoms with van der Waals surface area (Å²) in [6.45, 7) is 0.166. The van der Waals surface area contributed by atoms with Crippen LogP contribution in [0.4, 0.5) is 13.2 Å². The number of nitriles is 1. The molecule has 126 valence electrons. The first kappa shape index (κ1) is 16.5. The number of aromatic nitrogens is 3. The smallest absolute Gasteiger partial charge is 0.416 e. The minimum Gasteiger partial charge on any atom is -0.489 e. The maximum absolute atomic E-state index is 12.5. The van der Waals surface area contributed by atoms with Gasteiger partial charge in [-0.2, -0.15) is 18.4 Å². The van der Waals surface area contributed by atoms with E-state index in [2.05, 4.69) is 15.4 Å². The molecule has 0 fully saturated rings. The zero-order valence-corrected chi connectivity index (χ0v) is 12.7. The molecular weight excluding hydrogens is 333 g/mol. The summed E-state index contributed by atoms with van der Waals surface area (Å²) in [5.74, 6) is 0.331. The molecule has 0 radical (unpaired) electrons. The van der Waals surface area contributed by atoms with Gasteiger partial charge < -0.3 is 4.74 Å². The zero-order valence-electron chi connectivity index (χ0n) is 12.7. The molecular formula is C17H11F3N4O. The molecule has 0 bridgehead atoms. The van der Waals surface area contributed by atoms with Gasteiger partial charge in [-0.15, -0.1) is 5.10 Å². The molecule has 2 aromatic carbocycles. The maximum Gasteiger partial charge on any atom is 0.416 e. The standard InChI is InChI=1S/C17H11F3N4O/c18-17(19,20)13-4-6-14(7-5-13)25-10-11-2-1-3-12(8-11)16-15(9-21)22-24-23-16/h1-8H,10H2,(H,22,23,24). The van der Waals surface area contributed by atoms with E-state index >= 15 is 0 Å². The summed E-state index contributed by atoms with van der Waals surface area (Å²) in [5.41, 5.74) is 1.43. The molecule has 1 N–H and O–H groups in total. The Morgan fingerprint density at radius 1 is 1.12 bits per heavy atom. The minimum absolute atomic E-state index is 0.166. The Bertz CT molecular complexity index is 911. The van der Waals surface area contributed by atoms with Gasteiger partial charge in [0.15, 0.2) is 5.69 Å². The van der Waals surface area contributed by atoms with Gasteiger partial charge in [-0.3, -0.25) is 0 Å². The molecule has 0 spiro atoms. The minimum atomic E-state index is -4.37. The number of H-pyrrole nitrogens is 1. The Balaban J connectivity index is 1.72. The van der Waals surface area contributed by atoms with Gasteiger partial charge in [-0.1, -0.05) is 23.4 Å². The van der Waals surface area contributed by atoms with E-state index in [4.69, 9.17) is 10.00 Å². The number of benzene rings is 2. The number of hydrogen-bond donors (Lipinski definition) is 1. The number of ether oxygens (including phenoxy) is 1. The number of hydrogen-bond acceptors (Lipinski definition) is 4. The summed E-state index contributed by atoms with van der Waals surface area (Å²) >= 11 is 0. The van der Waals surface area contributed by atoms with Crippen molar-refractivity contribution < 1.29 is 17.9 Å². The van der Waals surface area contributed by atoms with Crippen molar-refractivity contribution in [1.82, 2.24) is 15.4 Å². The molecule has 3 aromatic rings. The van der Waals surface area contributed by atoms with E-state index in [0.717, 1.165) is 17.7 Å².